The van der Waals surface area contributed by atoms with Crippen molar-refractivity contribution < 1.29 is 51.5 Å². The molecule has 250 valence electrons. The minimum absolute atomic E-state index is 0.00546. The van der Waals surface area contributed by atoms with Crippen molar-refractivity contribution in [3.8, 4) is 0 Å². The van der Waals surface area contributed by atoms with Gasteiger partial charge in [0.15, 0.2) is 0 Å². The molecule has 0 aromatic carbocycles. The SMILES string of the molecule is C=C(C)[C@H](C)CC[C@@H](C)[C@H]1CC[C@H]2[C@@H]3C[C@H](OS(=O)(=O)O)[C@H]4C[C@H](OS(=O)(=O)O)[C@@H](OS(=O)(=O)O)C[C@]4(C)[C@H]3CC[C@]12C. The van der Waals surface area contributed by atoms with Crippen molar-refractivity contribution in [3.05, 3.63) is 12.2 Å². The highest BCUT2D eigenvalue weighted by Crippen LogP contribution is 2.69. The van der Waals surface area contributed by atoms with Gasteiger partial charge < -0.3 is 0 Å². The highest BCUT2D eigenvalue weighted by atomic mass is 32.3. The Bertz CT molecular complexity index is 1380. The van der Waals surface area contributed by atoms with E-state index in [0.717, 1.165) is 38.5 Å². The molecule has 0 spiro atoms. The third-order valence-electron chi connectivity index (χ3n) is 12.0. The molecule has 0 aromatic rings. The molecule has 0 aromatic heterocycles. The van der Waals surface area contributed by atoms with Gasteiger partial charge in [-0.25, -0.2) is 12.5 Å². The van der Waals surface area contributed by atoms with Crippen LogP contribution in [-0.2, 0) is 43.7 Å². The summed E-state index contributed by atoms with van der Waals surface area (Å²) in [6.07, 6.45) is 1.71. The van der Waals surface area contributed by atoms with Crippen LogP contribution in [0.3, 0.4) is 0 Å². The van der Waals surface area contributed by atoms with E-state index in [2.05, 4.69) is 34.3 Å². The molecule has 12 atom stereocenters. The molecule has 0 saturated heterocycles. The second-order valence-electron chi connectivity index (χ2n) is 14.4. The summed E-state index contributed by atoms with van der Waals surface area (Å²) in [6, 6.07) is 0. The van der Waals surface area contributed by atoms with Gasteiger partial charge in [-0.2, -0.15) is 25.3 Å². The molecule has 0 heterocycles. The molecule has 0 unspecified atom stereocenters. The molecular formula is C28H48O12S3. The van der Waals surface area contributed by atoms with E-state index >= 15 is 0 Å². The summed E-state index contributed by atoms with van der Waals surface area (Å²) in [5.74, 6) is 0.900. The van der Waals surface area contributed by atoms with Crippen LogP contribution in [0.4, 0.5) is 0 Å². The average molecular weight is 673 g/mol. The lowest BCUT2D eigenvalue weighted by Crippen LogP contribution is -2.62. The van der Waals surface area contributed by atoms with Crippen LogP contribution < -0.4 is 0 Å². The minimum Gasteiger partial charge on any atom is -0.264 e. The highest BCUT2D eigenvalue weighted by Gasteiger charge is 2.65. The summed E-state index contributed by atoms with van der Waals surface area (Å²) in [6.45, 7) is 14.9. The van der Waals surface area contributed by atoms with E-state index in [9.17, 15) is 38.9 Å². The van der Waals surface area contributed by atoms with Gasteiger partial charge in [-0.15, -0.1) is 0 Å². The quantitative estimate of drug-likeness (QED) is 0.196. The number of hydrogen-bond acceptors (Lipinski definition) is 9. The van der Waals surface area contributed by atoms with Gasteiger partial charge in [0.25, 0.3) is 0 Å². The molecule has 4 rings (SSSR count). The highest BCUT2D eigenvalue weighted by molar-refractivity contribution is 7.81. The van der Waals surface area contributed by atoms with E-state index in [-0.39, 0.29) is 36.0 Å². The molecule has 0 bridgehead atoms. The Morgan fingerprint density at radius 3 is 1.86 bits per heavy atom. The third kappa shape index (κ3) is 7.67. The third-order valence-corrected chi connectivity index (χ3v) is 13.5. The Morgan fingerprint density at radius 1 is 0.767 bits per heavy atom. The van der Waals surface area contributed by atoms with E-state index < -0.39 is 60.8 Å². The maximum absolute atomic E-state index is 12.0. The summed E-state index contributed by atoms with van der Waals surface area (Å²) in [5, 5.41) is 0. The van der Waals surface area contributed by atoms with E-state index in [1.807, 2.05) is 6.92 Å². The predicted molar refractivity (Wildman–Crippen MR) is 158 cm³/mol. The number of fused-ring (bicyclic) bond motifs is 5. The van der Waals surface area contributed by atoms with E-state index in [4.69, 9.17) is 12.5 Å². The lowest BCUT2D eigenvalue weighted by molar-refractivity contribution is -0.184. The monoisotopic (exact) mass is 672 g/mol. The topological polar surface area (TPSA) is 191 Å². The first-order valence-electron chi connectivity index (χ1n) is 15.2. The Morgan fingerprint density at radius 2 is 1.30 bits per heavy atom. The zero-order valence-corrected chi connectivity index (χ0v) is 28.0. The van der Waals surface area contributed by atoms with Gasteiger partial charge in [0.2, 0.25) is 0 Å². The van der Waals surface area contributed by atoms with Crippen LogP contribution in [-0.4, -0.2) is 57.2 Å². The van der Waals surface area contributed by atoms with Gasteiger partial charge in [-0.3, -0.25) is 13.7 Å². The lowest BCUT2D eigenvalue weighted by Gasteiger charge is -2.63. The maximum Gasteiger partial charge on any atom is 0.397 e. The fourth-order valence-corrected chi connectivity index (χ4v) is 11.5. The van der Waals surface area contributed by atoms with Gasteiger partial charge in [-0.1, -0.05) is 39.8 Å². The van der Waals surface area contributed by atoms with Crippen molar-refractivity contribution in [1.82, 2.24) is 0 Å². The minimum atomic E-state index is -5.06. The number of rotatable bonds is 11. The van der Waals surface area contributed by atoms with Gasteiger partial charge >= 0.3 is 31.2 Å². The zero-order valence-electron chi connectivity index (χ0n) is 25.6. The first-order valence-corrected chi connectivity index (χ1v) is 19.3. The fraction of sp³-hybridized carbons (Fsp3) is 0.929. The molecule has 15 heteroatoms. The van der Waals surface area contributed by atoms with Crippen molar-refractivity contribution in [2.45, 2.75) is 111 Å². The van der Waals surface area contributed by atoms with E-state index in [1.54, 1.807) is 0 Å². The van der Waals surface area contributed by atoms with E-state index in [1.165, 1.54) is 5.57 Å². The molecule has 12 nitrogen and oxygen atoms in total. The van der Waals surface area contributed by atoms with Crippen LogP contribution >= 0.6 is 0 Å². The van der Waals surface area contributed by atoms with Crippen LogP contribution in [0.5, 0.6) is 0 Å². The van der Waals surface area contributed by atoms with Gasteiger partial charge in [-0.05, 0) is 117 Å². The molecular weight excluding hydrogens is 624 g/mol. The van der Waals surface area contributed by atoms with Crippen molar-refractivity contribution in [2.75, 3.05) is 0 Å². The van der Waals surface area contributed by atoms with Crippen molar-refractivity contribution >= 4 is 31.2 Å². The molecule has 0 radical (unpaired) electrons. The van der Waals surface area contributed by atoms with Crippen molar-refractivity contribution in [2.24, 2.45) is 52.3 Å². The van der Waals surface area contributed by atoms with Crippen LogP contribution in [0.2, 0.25) is 0 Å². The maximum atomic E-state index is 12.0. The Balaban J connectivity index is 1.67. The molecule has 43 heavy (non-hydrogen) atoms. The smallest absolute Gasteiger partial charge is 0.264 e. The van der Waals surface area contributed by atoms with Crippen molar-refractivity contribution in [1.29, 1.82) is 0 Å². The van der Waals surface area contributed by atoms with E-state index in [0.29, 0.717) is 24.2 Å². The number of hydrogen-bond donors (Lipinski definition) is 3. The molecule has 0 amide bonds. The summed E-state index contributed by atoms with van der Waals surface area (Å²) >= 11 is 0. The van der Waals surface area contributed by atoms with Gasteiger partial charge in [0.05, 0.1) is 6.10 Å². The number of allylic oxidation sites excluding steroid dienone is 1. The summed E-state index contributed by atoms with van der Waals surface area (Å²) in [5.41, 5.74) is 0.342. The second kappa shape index (κ2) is 12.2. The normalized spacial score (nSPS) is 41.5. The molecule has 4 saturated carbocycles. The largest absolute Gasteiger partial charge is 0.397 e. The summed E-state index contributed by atoms with van der Waals surface area (Å²) in [4.78, 5) is 0. The molecule has 4 aliphatic carbocycles. The summed E-state index contributed by atoms with van der Waals surface area (Å²) < 4.78 is 114. The van der Waals surface area contributed by atoms with Gasteiger partial charge in [0.1, 0.15) is 12.2 Å². The molecule has 4 fully saturated rings. The Labute approximate surface area is 257 Å². The molecule has 0 aliphatic heterocycles. The summed E-state index contributed by atoms with van der Waals surface area (Å²) in [7, 11) is -15.0. The van der Waals surface area contributed by atoms with Crippen LogP contribution in [0, 0.1) is 52.3 Å². The first-order chi connectivity index (χ1) is 19.5. The zero-order chi connectivity index (χ0) is 32.3. The Hall–Kier alpha value is -0.650. The van der Waals surface area contributed by atoms with Crippen LogP contribution in [0.1, 0.15) is 92.4 Å². The molecule has 3 N–H and O–H groups in total. The van der Waals surface area contributed by atoms with Crippen molar-refractivity contribution in [3.63, 3.8) is 0 Å². The van der Waals surface area contributed by atoms with Crippen LogP contribution in [0.25, 0.3) is 0 Å². The Kier molecular flexibility index (Phi) is 9.97. The lowest BCUT2D eigenvalue weighted by atomic mass is 9.43. The average Bonchev–Trinajstić information content (AvgIpc) is 3.18. The van der Waals surface area contributed by atoms with Crippen LogP contribution in [0.15, 0.2) is 12.2 Å². The molecule has 4 aliphatic rings. The predicted octanol–water partition coefficient (Wildman–Crippen LogP) is 5.06. The standard InChI is InChI=1S/C28H48O12S3/c1-16(2)17(3)7-8-18(4)20-9-10-21-19-13-24(38-41(29,30)31)23-14-25(39-42(32,33)34)26(40-43(35,36)37)15-28(23,6)22(19)11-12-27(20,21)5/h17-26H,1,7-15H2,2-6H3,(H,29,30,31)(H,32,33,34)(H,35,36,37)/t17-,18-,19+,20-,21+,22+,23-,24+,25+,26+,27-,28-/m1/s1. The van der Waals surface area contributed by atoms with Gasteiger partial charge in [0, 0.05) is 0 Å². The fourth-order valence-electron chi connectivity index (χ4n) is 9.97. The first kappa shape index (κ1) is 35.2. The second-order valence-corrected chi connectivity index (χ2v) is 17.5.